The molecule has 0 saturated carbocycles. The smallest absolute Gasteiger partial charge is 0.245 e. The Balaban J connectivity index is 1.73. The van der Waals surface area contributed by atoms with E-state index in [1.165, 1.54) is 6.07 Å². The van der Waals surface area contributed by atoms with Gasteiger partial charge in [0.05, 0.1) is 5.56 Å². The van der Waals surface area contributed by atoms with Crippen molar-refractivity contribution in [3.63, 3.8) is 0 Å². The summed E-state index contributed by atoms with van der Waals surface area (Å²) in [6.07, 6.45) is 0. The molecule has 6 nitrogen and oxygen atoms in total. The van der Waals surface area contributed by atoms with Crippen LogP contribution >= 0.6 is 0 Å². The Morgan fingerprint density at radius 3 is 2.96 bits per heavy atom. The van der Waals surface area contributed by atoms with Crippen molar-refractivity contribution in [2.45, 2.75) is 19.5 Å². The van der Waals surface area contributed by atoms with Crippen molar-refractivity contribution in [2.75, 3.05) is 26.7 Å². The SMILES string of the molecule is Cc1noc([C@H]2CN(Cc3ccc(F)c(C#N)c3)CCN2C)n1. The standard InChI is InChI=1S/C16H18FN5O/c1-11-19-16(23-20-11)15-10-22(6-5-21(15)2)9-12-3-4-14(17)13(7-12)8-18/h3-4,7,15H,5-6,9-10H2,1-2H3/t15-/m1/s1. The van der Waals surface area contributed by atoms with Crippen LogP contribution in [0.4, 0.5) is 4.39 Å². The first kappa shape index (κ1) is 15.6. The maximum absolute atomic E-state index is 13.4. The molecule has 0 bridgehead atoms. The molecule has 0 amide bonds. The molecule has 0 unspecified atom stereocenters. The Bertz CT molecular complexity index is 738. The molecule has 1 atom stereocenters. The molecule has 1 aromatic carbocycles. The highest BCUT2D eigenvalue weighted by molar-refractivity contribution is 5.34. The molecule has 23 heavy (non-hydrogen) atoms. The molecule has 3 rings (SSSR count). The van der Waals surface area contributed by atoms with Crippen molar-refractivity contribution in [2.24, 2.45) is 0 Å². The summed E-state index contributed by atoms with van der Waals surface area (Å²) < 4.78 is 18.7. The van der Waals surface area contributed by atoms with E-state index in [0.29, 0.717) is 18.3 Å². The van der Waals surface area contributed by atoms with Crippen LogP contribution in [0.15, 0.2) is 22.7 Å². The second-order valence-corrected chi connectivity index (χ2v) is 5.84. The Labute approximate surface area is 134 Å². The number of hydrogen-bond acceptors (Lipinski definition) is 6. The van der Waals surface area contributed by atoms with E-state index in [-0.39, 0.29) is 11.6 Å². The van der Waals surface area contributed by atoms with E-state index in [0.717, 1.165) is 25.2 Å². The summed E-state index contributed by atoms with van der Waals surface area (Å²) in [6, 6.07) is 6.61. The third-order valence-corrected chi connectivity index (χ3v) is 4.12. The second kappa shape index (κ2) is 6.44. The monoisotopic (exact) mass is 315 g/mol. The summed E-state index contributed by atoms with van der Waals surface area (Å²) >= 11 is 0. The quantitative estimate of drug-likeness (QED) is 0.861. The fraction of sp³-hybridized carbons (Fsp3) is 0.438. The van der Waals surface area contributed by atoms with Gasteiger partial charge in [-0.1, -0.05) is 11.2 Å². The Kier molecular flexibility index (Phi) is 4.37. The molecule has 2 heterocycles. The van der Waals surface area contributed by atoms with E-state index in [9.17, 15) is 4.39 Å². The Hall–Kier alpha value is -2.30. The van der Waals surface area contributed by atoms with Gasteiger partial charge in [0.15, 0.2) is 5.82 Å². The fourth-order valence-corrected chi connectivity index (χ4v) is 2.80. The van der Waals surface area contributed by atoms with Gasteiger partial charge in [-0.15, -0.1) is 0 Å². The molecule has 0 aliphatic carbocycles. The number of benzene rings is 1. The highest BCUT2D eigenvalue weighted by atomic mass is 19.1. The molecule has 1 aliphatic rings. The number of halogens is 1. The molecule has 1 aromatic heterocycles. The van der Waals surface area contributed by atoms with E-state index < -0.39 is 5.82 Å². The number of aryl methyl sites for hydroxylation is 1. The lowest BCUT2D eigenvalue weighted by Crippen LogP contribution is -2.46. The summed E-state index contributed by atoms with van der Waals surface area (Å²) in [5.41, 5.74) is 1.01. The minimum Gasteiger partial charge on any atom is -0.338 e. The zero-order valence-electron chi connectivity index (χ0n) is 13.2. The molecule has 1 saturated heterocycles. The molecule has 0 N–H and O–H groups in total. The third kappa shape index (κ3) is 3.38. The predicted molar refractivity (Wildman–Crippen MR) is 80.8 cm³/mol. The van der Waals surface area contributed by atoms with Crippen LogP contribution in [0, 0.1) is 24.1 Å². The van der Waals surface area contributed by atoms with Crippen LogP contribution < -0.4 is 0 Å². The number of likely N-dealkylation sites (N-methyl/N-ethyl adjacent to an activating group) is 1. The van der Waals surface area contributed by atoms with Crippen LogP contribution in [-0.4, -0.2) is 46.6 Å². The molecule has 7 heteroatoms. The average Bonchev–Trinajstić information content (AvgIpc) is 2.97. The molecule has 0 spiro atoms. The van der Waals surface area contributed by atoms with Gasteiger partial charge in [0.1, 0.15) is 17.9 Å². The number of nitrogens with zero attached hydrogens (tertiary/aromatic N) is 5. The average molecular weight is 315 g/mol. The largest absolute Gasteiger partial charge is 0.338 e. The van der Waals surface area contributed by atoms with E-state index in [2.05, 4.69) is 19.9 Å². The normalized spacial score (nSPS) is 19.7. The summed E-state index contributed by atoms with van der Waals surface area (Å²) in [7, 11) is 2.03. The molecular formula is C16H18FN5O. The van der Waals surface area contributed by atoms with Gasteiger partial charge in [0.25, 0.3) is 0 Å². The van der Waals surface area contributed by atoms with Crippen LogP contribution in [-0.2, 0) is 6.54 Å². The van der Waals surface area contributed by atoms with Gasteiger partial charge < -0.3 is 4.52 Å². The van der Waals surface area contributed by atoms with E-state index in [4.69, 9.17) is 9.78 Å². The molecule has 120 valence electrons. The van der Waals surface area contributed by atoms with Crippen LogP contribution in [0.5, 0.6) is 0 Å². The zero-order valence-corrected chi connectivity index (χ0v) is 13.2. The van der Waals surface area contributed by atoms with Gasteiger partial charge in [-0.2, -0.15) is 10.2 Å². The molecule has 0 radical (unpaired) electrons. The number of aromatic nitrogens is 2. The van der Waals surface area contributed by atoms with Crippen LogP contribution in [0.2, 0.25) is 0 Å². The summed E-state index contributed by atoms with van der Waals surface area (Å²) in [4.78, 5) is 8.76. The lowest BCUT2D eigenvalue weighted by atomic mass is 10.1. The van der Waals surface area contributed by atoms with Crippen LogP contribution in [0.25, 0.3) is 0 Å². The van der Waals surface area contributed by atoms with Crippen molar-refractivity contribution >= 4 is 0 Å². The highest BCUT2D eigenvalue weighted by Gasteiger charge is 2.29. The Morgan fingerprint density at radius 1 is 1.43 bits per heavy atom. The first-order valence-electron chi connectivity index (χ1n) is 7.48. The van der Waals surface area contributed by atoms with Crippen LogP contribution in [0.3, 0.4) is 0 Å². The highest BCUT2D eigenvalue weighted by Crippen LogP contribution is 2.24. The van der Waals surface area contributed by atoms with Gasteiger partial charge in [-0.25, -0.2) is 4.39 Å². The van der Waals surface area contributed by atoms with Gasteiger partial charge >= 0.3 is 0 Å². The first-order valence-corrected chi connectivity index (χ1v) is 7.48. The van der Waals surface area contributed by atoms with E-state index in [1.807, 2.05) is 13.1 Å². The summed E-state index contributed by atoms with van der Waals surface area (Å²) in [5.74, 6) is 0.767. The second-order valence-electron chi connectivity index (χ2n) is 5.84. The van der Waals surface area contributed by atoms with E-state index >= 15 is 0 Å². The lowest BCUT2D eigenvalue weighted by Gasteiger charge is -2.37. The maximum atomic E-state index is 13.4. The fourth-order valence-electron chi connectivity index (χ4n) is 2.80. The number of rotatable bonds is 3. The number of hydrogen-bond donors (Lipinski definition) is 0. The zero-order chi connectivity index (χ0) is 16.4. The number of nitriles is 1. The van der Waals surface area contributed by atoms with Gasteiger partial charge in [0.2, 0.25) is 5.89 Å². The van der Waals surface area contributed by atoms with Crippen molar-refractivity contribution < 1.29 is 8.91 Å². The van der Waals surface area contributed by atoms with Crippen molar-refractivity contribution in [3.8, 4) is 6.07 Å². The minimum atomic E-state index is -0.478. The molecular weight excluding hydrogens is 297 g/mol. The third-order valence-electron chi connectivity index (χ3n) is 4.12. The number of piperazine rings is 1. The maximum Gasteiger partial charge on any atom is 0.245 e. The van der Waals surface area contributed by atoms with Crippen molar-refractivity contribution in [1.82, 2.24) is 19.9 Å². The van der Waals surface area contributed by atoms with Gasteiger partial charge in [0, 0.05) is 26.2 Å². The van der Waals surface area contributed by atoms with Gasteiger partial charge in [-0.05, 0) is 31.7 Å². The minimum absolute atomic E-state index is 0.0424. The molecule has 1 fully saturated rings. The summed E-state index contributed by atoms with van der Waals surface area (Å²) in [5, 5.41) is 12.8. The predicted octanol–water partition coefficient (Wildman–Crippen LogP) is 1.88. The Morgan fingerprint density at radius 2 is 2.26 bits per heavy atom. The summed E-state index contributed by atoms with van der Waals surface area (Å²) in [6.45, 7) is 4.97. The molecule has 2 aromatic rings. The molecule has 1 aliphatic heterocycles. The van der Waals surface area contributed by atoms with Crippen molar-refractivity contribution in [1.29, 1.82) is 5.26 Å². The lowest BCUT2D eigenvalue weighted by molar-refractivity contribution is 0.0714. The van der Waals surface area contributed by atoms with Crippen molar-refractivity contribution in [3.05, 3.63) is 46.9 Å². The van der Waals surface area contributed by atoms with Crippen LogP contribution in [0.1, 0.15) is 28.9 Å². The van der Waals surface area contributed by atoms with E-state index in [1.54, 1.807) is 19.1 Å². The first-order chi connectivity index (χ1) is 11.1. The topological polar surface area (TPSA) is 69.2 Å². The van der Waals surface area contributed by atoms with Gasteiger partial charge in [-0.3, -0.25) is 9.80 Å².